The van der Waals surface area contributed by atoms with Crippen LogP contribution in [0.1, 0.15) is 5.56 Å². The van der Waals surface area contributed by atoms with E-state index in [1.54, 1.807) is 18.2 Å². The van der Waals surface area contributed by atoms with Crippen molar-refractivity contribution in [1.29, 1.82) is 0 Å². The van der Waals surface area contributed by atoms with E-state index in [9.17, 15) is 4.39 Å². The van der Waals surface area contributed by atoms with Crippen molar-refractivity contribution < 1.29 is 4.39 Å². The fraction of sp³-hybridized carbons (Fsp3) is 0.0625. The molecule has 0 saturated heterocycles. The summed E-state index contributed by atoms with van der Waals surface area (Å²) >= 11 is 1.51. The largest absolute Gasteiger partial charge is 0.329 e. The Morgan fingerprint density at radius 1 is 1.05 bits per heavy atom. The number of anilines is 2. The molecule has 0 unspecified atom stereocenters. The first-order chi connectivity index (χ1) is 9.74. The Labute approximate surface area is 120 Å². The van der Waals surface area contributed by atoms with E-state index in [4.69, 9.17) is 0 Å². The Morgan fingerprint density at radius 3 is 2.60 bits per heavy atom. The van der Waals surface area contributed by atoms with Gasteiger partial charge in [0, 0.05) is 6.20 Å². The van der Waals surface area contributed by atoms with Crippen LogP contribution in [0.2, 0.25) is 0 Å². The van der Waals surface area contributed by atoms with E-state index in [2.05, 4.69) is 29.4 Å². The van der Waals surface area contributed by atoms with Crippen LogP contribution in [0.5, 0.6) is 0 Å². The molecule has 100 valence electrons. The van der Waals surface area contributed by atoms with Crippen LogP contribution in [0, 0.1) is 12.7 Å². The van der Waals surface area contributed by atoms with Crippen molar-refractivity contribution in [2.24, 2.45) is 0 Å². The van der Waals surface area contributed by atoms with Crippen LogP contribution in [0.4, 0.5) is 15.2 Å². The zero-order valence-electron chi connectivity index (χ0n) is 10.9. The molecule has 0 spiro atoms. The lowest BCUT2D eigenvalue weighted by molar-refractivity contribution is 0.632. The molecule has 4 heteroatoms. The topological polar surface area (TPSA) is 24.9 Å². The van der Waals surface area contributed by atoms with Crippen molar-refractivity contribution in [3.05, 3.63) is 66.1 Å². The standard InChI is InChI=1S/C16H13FN2S/c1-11-6-2-3-7-12(11)15-10-18-16(20-15)19-14-9-5-4-8-13(14)17/h2-10H,1H3,(H,18,19). The molecular formula is C16H13FN2S. The van der Waals surface area contributed by atoms with Crippen LogP contribution in [0.25, 0.3) is 10.4 Å². The van der Waals surface area contributed by atoms with Gasteiger partial charge >= 0.3 is 0 Å². The monoisotopic (exact) mass is 284 g/mol. The zero-order valence-corrected chi connectivity index (χ0v) is 11.7. The normalized spacial score (nSPS) is 10.5. The maximum absolute atomic E-state index is 13.6. The first kappa shape index (κ1) is 12.8. The Bertz CT molecular complexity index is 737. The molecule has 1 aromatic heterocycles. The molecule has 1 N–H and O–H groups in total. The number of rotatable bonds is 3. The maximum atomic E-state index is 13.6. The second kappa shape index (κ2) is 5.43. The molecule has 20 heavy (non-hydrogen) atoms. The number of halogens is 1. The predicted molar refractivity (Wildman–Crippen MR) is 82.0 cm³/mol. The molecule has 3 rings (SSSR count). The maximum Gasteiger partial charge on any atom is 0.187 e. The third-order valence-corrected chi connectivity index (χ3v) is 3.98. The van der Waals surface area contributed by atoms with Gasteiger partial charge in [0.15, 0.2) is 5.13 Å². The van der Waals surface area contributed by atoms with Gasteiger partial charge in [0.25, 0.3) is 0 Å². The number of aryl methyl sites for hydroxylation is 1. The smallest absolute Gasteiger partial charge is 0.187 e. The van der Waals surface area contributed by atoms with E-state index in [1.807, 2.05) is 18.3 Å². The summed E-state index contributed by atoms with van der Waals surface area (Å²) in [6, 6.07) is 14.7. The van der Waals surface area contributed by atoms with Gasteiger partial charge in [-0.05, 0) is 30.2 Å². The molecule has 0 bridgehead atoms. The minimum Gasteiger partial charge on any atom is -0.329 e. The summed E-state index contributed by atoms with van der Waals surface area (Å²) in [5.74, 6) is -0.278. The van der Waals surface area contributed by atoms with Gasteiger partial charge in [-0.25, -0.2) is 9.37 Å². The Balaban J connectivity index is 1.88. The fourth-order valence-electron chi connectivity index (χ4n) is 1.98. The van der Waals surface area contributed by atoms with Gasteiger partial charge in [-0.1, -0.05) is 47.7 Å². The minimum atomic E-state index is -0.278. The summed E-state index contributed by atoms with van der Waals surface area (Å²) in [6.45, 7) is 2.07. The Hall–Kier alpha value is -2.20. The van der Waals surface area contributed by atoms with Crippen molar-refractivity contribution in [1.82, 2.24) is 4.98 Å². The SMILES string of the molecule is Cc1ccccc1-c1cnc(Nc2ccccc2F)s1. The predicted octanol–water partition coefficient (Wildman–Crippen LogP) is 5.00. The molecule has 0 fully saturated rings. The molecule has 0 aliphatic heterocycles. The number of nitrogens with one attached hydrogen (secondary N) is 1. The number of nitrogens with zero attached hydrogens (tertiary/aromatic N) is 1. The lowest BCUT2D eigenvalue weighted by Crippen LogP contribution is -1.91. The van der Waals surface area contributed by atoms with Crippen LogP contribution in [0.3, 0.4) is 0 Å². The number of para-hydroxylation sites is 1. The quantitative estimate of drug-likeness (QED) is 0.732. The van der Waals surface area contributed by atoms with Gasteiger partial charge in [-0.3, -0.25) is 0 Å². The highest BCUT2D eigenvalue weighted by atomic mass is 32.1. The van der Waals surface area contributed by atoms with Gasteiger partial charge in [-0.15, -0.1) is 0 Å². The minimum absolute atomic E-state index is 0.278. The molecule has 1 heterocycles. The Kier molecular flexibility index (Phi) is 3.48. The first-order valence-corrected chi connectivity index (χ1v) is 7.09. The van der Waals surface area contributed by atoms with Crippen molar-refractivity contribution in [3.63, 3.8) is 0 Å². The summed E-state index contributed by atoms with van der Waals surface area (Å²) in [7, 11) is 0. The van der Waals surface area contributed by atoms with Crippen LogP contribution in [0.15, 0.2) is 54.7 Å². The van der Waals surface area contributed by atoms with Gasteiger partial charge in [0.1, 0.15) is 5.82 Å². The highest BCUT2D eigenvalue weighted by Gasteiger charge is 2.08. The number of benzene rings is 2. The van der Waals surface area contributed by atoms with Crippen LogP contribution >= 0.6 is 11.3 Å². The second-order valence-electron chi connectivity index (χ2n) is 4.45. The van der Waals surface area contributed by atoms with Crippen LogP contribution in [-0.4, -0.2) is 4.98 Å². The molecule has 0 saturated carbocycles. The van der Waals surface area contributed by atoms with Gasteiger partial charge in [0.2, 0.25) is 0 Å². The third kappa shape index (κ3) is 2.56. The average Bonchev–Trinajstić information content (AvgIpc) is 2.90. The highest BCUT2D eigenvalue weighted by Crippen LogP contribution is 2.32. The molecule has 3 aromatic rings. The molecule has 0 radical (unpaired) electrons. The molecule has 0 amide bonds. The van der Waals surface area contributed by atoms with E-state index in [1.165, 1.54) is 23.0 Å². The molecule has 0 aliphatic carbocycles. The number of hydrogen-bond donors (Lipinski definition) is 1. The molecular weight excluding hydrogens is 271 g/mol. The summed E-state index contributed by atoms with van der Waals surface area (Å²) in [5.41, 5.74) is 2.80. The van der Waals surface area contributed by atoms with Crippen molar-refractivity contribution in [2.45, 2.75) is 6.92 Å². The average molecular weight is 284 g/mol. The van der Waals surface area contributed by atoms with E-state index < -0.39 is 0 Å². The molecule has 0 atom stereocenters. The van der Waals surface area contributed by atoms with Gasteiger partial charge in [-0.2, -0.15) is 0 Å². The van der Waals surface area contributed by atoms with Gasteiger partial charge in [0.05, 0.1) is 10.6 Å². The summed E-state index contributed by atoms with van der Waals surface area (Å²) in [5, 5.41) is 3.70. The summed E-state index contributed by atoms with van der Waals surface area (Å²) in [6.07, 6.45) is 1.82. The molecule has 2 nitrogen and oxygen atoms in total. The third-order valence-electron chi connectivity index (χ3n) is 3.03. The van der Waals surface area contributed by atoms with E-state index in [0.29, 0.717) is 10.8 Å². The lowest BCUT2D eigenvalue weighted by atomic mass is 10.1. The Morgan fingerprint density at radius 2 is 1.80 bits per heavy atom. The summed E-state index contributed by atoms with van der Waals surface area (Å²) < 4.78 is 13.6. The number of thiazole rings is 1. The first-order valence-electron chi connectivity index (χ1n) is 6.27. The number of aromatic nitrogens is 1. The van der Waals surface area contributed by atoms with E-state index in [-0.39, 0.29) is 5.82 Å². The molecule has 2 aromatic carbocycles. The van der Waals surface area contributed by atoms with Crippen molar-refractivity contribution >= 4 is 22.2 Å². The zero-order chi connectivity index (χ0) is 13.9. The molecule has 0 aliphatic rings. The second-order valence-corrected chi connectivity index (χ2v) is 5.48. The lowest BCUT2D eigenvalue weighted by Gasteiger charge is -2.03. The van der Waals surface area contributed by atoms with Crippen LogP contribution < -0.4 is 5.32 Å². The highest BCUT2D eigenvalue weighted by molar-refractivity contribution is 7.19. The van der Waals surface area contributed by atoms with E-state index >= 15 is 0 Å². The van der Waals surface area contributed by atoms with E-state index in [0.717, 1.165) is 10.4 Å². The summed E-state index contributed by atoms with van der Waals surface area (Å²) in [4.78, 5) is 5.38. The van der Waals surface area contributed by atoms with Crippen molar-refractivity contribution in [3.8, 4) is 10.4 Å². The van der Waals surface area contributed by atoms with Crippen molar-refractivity contribution in [2.75, 3.05) is 5.32 Å². The van der Waals surface area contributed by atoms with Crippen LogP contribution in [-0.2, 0) is 0 Å². The fourth-order valence-corrected chi connectivity index (χ4v) is 2.90. The number of hydrogen-bond acceptors (Lipinski definition) is 3. The van der Waals surface area contributed by atoms with Gasteiger partial charge < -0.3 is 5.32 Å².